The molecule has 3 atom stereocenters. The molecular weight excluding hydrogens is 379 g/mol. The largest absolute Gasteiger partial charge is 0.417 e. The number of anilines is 2. The number of nitrogens with zero attached hydrogens (tertiary/aromatic N) is 3. The maximum absolute atomic E-state index is 12.9. The van der Waals surface area contributed by atoms with E-state index >= 15 is 0 Å². The zero-order chi connectivity index (χ0) is 19.9. The number of rotatable bonds is 5. The zero-order valence-electron chi connectivity index (χ0n) is 15.1. The van der Waals surface area contributed by atoms with Gasteiger partial charge in [-0.15, -0.1) is 0 Å². The van der Waals surface area contributed by atoms with Crippen LogP contribution in [0.5, 0.6) is 0 Å². The quantitative estimate of drug-likeness (QED) is 0.651. The van der Waals surface area contributed by atoms with Crippen molar-refractivity contribution in [1.29, 1.82) is 0 Å². The molecule has 4 rings (SSSR count). The molecule has 0 saturated carbocycles. The van der Waals surface area contributed by atoms with Gasteiger partial charge in [-0.3, -0.25) is 4.79 Å². The number of aromatic nitrogens is 1. The van der Waals surface area contributed by atoms with Gasteiger partial charge in [-0.05, 0) is 19.0 Å². The van der Waals surface area contributed by atoms with Gasteiger partial charge in [0.05, 0.1) is 31.0 Å². The molecule has 3 unspecified atom stereocenters. The summed E-state index contributed by atoms with van der Waals surface area (Å²) in [5, 5.41) is 16.3. The topological polar surface area (TPSA) is 90.0 Å². The number of carbonyl (C=O) groups is 1. The highest BCUT2D eigenvalue weighted by Crippen LogP contribution is 2.38. The molecule has 2 fully saturated rings. The Balaban J connectivity index is 1.33. The zero-order valence-corrected chi connectivity index (χ0v) is 15.1. The molecule has 2 saturated heterocycles. The Morgan fingerprint density at radius 1 is 1.43 bits per heavy atom. The normalized spacial score (nSPS) is 24.9. The summed E-state index contributed by atoms with van der Waals surface area (Å²) in [4.78, 5) is 19.8. The Labute approximate surface area is 159 Å². The van der Waals surface area contributed by atoms with E-state index in [0.29, 0.717) is 31.2 Å². The summed E-state index contributed by atoms with van der Waals surface area (Å²) in [6, 6.07) is 1.31. The first-order chi connectivity index (χ1) is 13.3. The highest BCUT2D eigenvalue weighted by Gasteiger charge is 2.39. The predicted octanol–water partition coefficient (Wildman–Crippen LogP) is 0.240. The molecule has 0 bridgehead atoms. The fourth-order valence-corrected chi connectivity index (χ4v) is 3.58. The van der Waals surface area contributed by atoms with Crippen LogP contribution in [0, 0.1) is 0 Å². The first kappa shape index (κ1) is 19.2. The lowest BCUT2D eigenvalue weighted by molar-refractivity contribution is -0.144. The third kappa shape index (κ3) is 3.74. The van der Waals surface area contributed by atoms with Gasteiger partial charge in [0.2, 0.25) is 0 Å². The number of piperazine rings is 1. The standard InChI is InChI=1S/C17H22F3N5O3/c18-17(19,20)10-5-12-15(22-6-10)25-4-3-24(7-14(25)23-12)16(27)13(26)9-28-8-11-1-2-21-11/h5-6,11,13-14,21,23,26H,1-4,7-9H2. The van der Waals surface area contributed by atoms with Crippen molar-refractivity contribution in [3.8, 4) is 0 Å². The van der Waals surface area contributed by atoms with Crippen LogP contribution >= 0.6 is 0 Å². The van der Waals surface area contributed by atoms with Gasteiger partial charge < -0.3 is 30.3 Å². The molecule has 0 aromatic carbocycles. The number of hydrogen-bond acceptors (Lipinski definition) is 7. The second-order valence-corrected chi connectivity index (χ2v) is 7.22. The molecule has 154 valence electrons. The maximum atomic E-state index is 12.9. The van der Waals surface area contributed by atoms with Crippen LogP contribution in [0.25, 0.3) is 0 Å². The number of pyridine rings is 1. The third-order valence-electron chi connectivity index (χ3n) is 5.29. The molecule has 28 heavy (non-hydrogen) atoms. The van der Waals surface area contributed by atoms with E-state index in [1.54, 1.807) is 0 Å². The highest BCUT2D eigenvalue weighted by atomic mass is 19.4. The van der Waals surface area contributed by atoms with Gasteiger partial charge in [0.15, 0.2) is 11.9 Å². The molecule has 0 radical (unpaired) electrons. The van der Waals surface area contributed by atoms with Gasteiger partial charge in [-0.25, -0.2) is 4.98 Å². The molecule has 8 nitrogen and oxygen atoms in total. The Morgan fingerprint density at radius 3 is 2.89 bits per heavy atom. The fraction of sp³-hybridized carbons (Fsp3) is 0.647. The van der Waals surface area contributed by atoms with Crippen LogP contribution in [0.4, 0.5) is 24.7 Å². The highest BCUT2D eigenvalue weighted by molar-refractivity contribution is 5.82. The number of alkyl halides is 3. The van der Waals surface area contributed by atoms with E-state index in [2.05, 4.69) is 15.6 Å². The minimum atomic E-state index is -4.46. The van der Waals surface area contributed by atoms with Crippen molar-refractivity contribution in [3.05, 3.63) is 17.8 Å². The first-order valence-corrected chi connectivity index (χ1v) is 9.21. The van der Waals surface area contributed by atoms with E-state index in [1.807, 2.05) is 4.90 Å². The van der Waals surface area contributed by atoms with Crippen LogP contribution in [0.3, 0.4) is 0 Å². The van der Waals surface area contributed by atoms with E-state index in [4.69, 9.17) is 4.74 Å². The van der Waals surface area contributed by atoms with E-state index < -0.39 is 23.8 Å². The van der Waals surface area contributed by atoms with Gasteiger partial charge in [0.1, 0.15) is 6.17 Å². The summed E-state index contributed by atoms with van der Waals surface area (Å²) in [6.07, 6.45) is -4.27. The minimum Gasteiger partial charge on any atom is -0.381 e. The summed E-state index contributed by atoms with van der Waals surface area (Å²) in [5.74, 6) is 0.00453. The average Bonchev–Trinajstić information content (AvgIpc) is 2.99. The molecule has 3 aliphatic rings. The van der Waals surface area contributed by atoms with Crippen LogP contribution in [-0.2, 0) is 15.7 Å². The number of aliphatic hydroxyl groups is 1. The lowest BCUT2D eigenvalue weighted by Gasteiger charge is -2.38. The van der Waals surface area contributed by atoms with E-state index in [-0.39, 0.29) is 25.4 Å². The molecule has 3 aliphatic heterocycles. The van der Waals surface area contributed by atoms with Crippen LogP contribution in [0.1, 0.15) is 12.0 Å². The van der Waals surface area contributed by atoms with E-state index in [1.165, 1.54) is 4.90 Å². The molecule has 11 heteroatoms. The maximum Gasteiger partial charge on any atom is 0.417 e. The Hall–Kier alpha value is -2.11. The summed E-state index contributed by atoms with van der Waals surface area (Å²) >= 11 is 0. The number of hydrogen-bond donors (Lipinski definition) is 3. The summed E-state index contributed by atoms with van der Waals surface area (Å²) in [6.45, 7) is 2.32. The van der Waals surface area contributed by atoms with Crippen molar-refractivity contribution in [2.24, 2.45) is 0 Å². The van der Waals surface area contributed by atoms with Crippen molar-refractivity contribution in [2.45, 2.75) is 30.9 Å². The summed E-state index contributed by atoms with van der Waals surface area (Å²) in [5.41, 5.74) is -0.522. The second kappa shape index (κ2) is 7.37. The van der Waals surface area contributed by atoms with Crippen molar-refractivity contribution >= 4 is 17.4 Å². The molecule has 1 aromatic heterocycles. The van der Waals surface area contributed by atoms with Gasteiger partial charge in [-0.2, -0.15) is 13.2 Å². The number of carbonyl (C=O) groups excluding carboxylic acids is 1. The van der Waals surface area contributed by atoms with Gasteiger partial charge in [0.25, 0.3) is 5.91 Å². The fourth-order valence-electron chi connectivity index (χ4n) is 3.58. The SMILES string of the molecule is O=C(C(O)COCC1CCN1)N1CCN2c3ncc(C(F)(F)F)cc3NC2C1. The van der Waals surface area contributed by atoms with Crippen molar-refractivity contribution in [2.75, 3.05) is 49.6 Å². The van der Waals surface area contributed by atoms with Crippen LogP contribution in [0.2, 0.25) is 0 Å². The molecule has 4 heterocycles. The van der Waals surface area contributed by atoms with Crippen LogP contribution in [-0.4, -0.2) is 78.6 Å². The van der Waals surface area contributed by atoms with E-state index in [9.17, 15) is 23.1 Å². The van der Waals surface area contributed by atoms with E-state index in [0.717, 1.165) is 25.2 Å². The number of amides is 1. The Kier molecular flexibility index (Phi) is 5.06. The minimum absolute atomic E-state index is 0.0773. The number of nitrogens with one attached hydrogen (secondary N) is 2. The Morgan fingerprint density at radius 2 is 2.21 bits per heavy atom. The monoisotopic (exact) mass is 401 g/mol. The van der Waals surface area contributed by atoms with Crippen LogP contribution in [0.15, 0.2) is 12.3 Å². The van der Waals surface area contributed by atoms with Gasteiger partial charge >= 0.3 is 6.18 Å². The number of fused-ring (bicyclic) bond motifs is 3. The number of aliphatic hydroxyl groups excluding tert-OH is 1. The predicted molar refractivity (Wildman–Crippen MR) is 93.8 cm³/mol. The summed E-state index contributed by atoms with van der Waals surface area (Å²) < 4.78 is 44.0. The van der Waals surface area contributed by atoms with Gasteiger partial charge in [0, 0.05) is 25.3 Å². The van der Waals surface area contributed by atoms with Crippen molar-refractivity contribution in [1.82, 2.24) is 15.2 Å². The van der Waals surface area contributed by atoms with Crippen LogP contribution < -0.4 is 15.5 Å². The number of ether oxygens (including phenoxy) is 1. The molecule has 0 spiro atoms. The number of halogens is 3. The lowest BCUT2D eigenvalue weighted by Crippen LogP contribution is -2.57. The molecule has 1 aromatic rings. The molecular formula is C17H22F3N5O3. The van der Waals surface area contributed by atoms with Crippen molar-refractivity contribution in [3.63, 3.8) is 0 Å². The third-order valence-corrected chi connectivity index (χ3v) is 5.29. The molecule has 0 aliphatic carbocycles. The second-order valence-electron chi connectivity index (χ2n) is 7.22. The molecule has 1 amide bonds. The average molecular weight is 401 g/mol. The Bertz CT molecular complexity index is 743. The smallest absolute Gasteiger partial charge is 0.381 e. The summed E-state index contributed by atoms with van der Waals surface area (Å²) in [7, 11) is 0. The first-order valence-electron chi connectivity index (χ1n) is 9.21. The lowest BCUT2D eigenvalue weighted by atomic mass is 10.1. The molecule has 3 N–H and O–H groups in total. The van der Waals surface area contributed by atoms with Gasteiger partial charge in [-0.1, -0.05) is 0 Å². The van der Waals surface area contributed by atoms with Crippen molar-refractivity contribution < 1.29 is 27.8 Å².